The first kappa shape index (κ1) is 30.6. The summed E-state index contributed by atoms with van der Waals surface area (Å²) in [5.74, 6) is -0.687. The molecule has 1 aliphatic carbocycles. The Hall–Kier alpha value is -3.36. The maximum absolute atomic E-state index is 14.2. The Kier molecular flexibility index (Phi) is 10.1. The summed E-state index contributed by atoms with van der Waals surface area (Å²) in [6.07, 6.45) is 4.37. The normalized spacial score (nSPS) is 14.4. The predicted octanol–water partition coefficient (Wildman–Crippen LogP) is 6.02. The quantitative estimate of drug-likeness (QED) is 0.294. The van der Waals surface area contributed by atoms with E-state index in [1.165, 1.54) is 17.0 Å². The van der Waals surface area contributed by atoms with Gasteiger partial charge >= 0.3 is 0 Å². The van der Waals surface area contributed by atoms with Crippen LogP contribution in [0, 0.1) is 13.8 Å². The van der Waals surface area contributed by atoms with Crippen LogP contribution in [-0.2, 0) is 26.2 Å². The minimum Gasteiger partial charge on any atom is -0.352 e. The van der Waals surface area contributed by atoms with Crippen molar-refractivity contribution < 1.29 is 18.0 Å². The van der Waals surface area contributed by atoms with Gasteiger partial charge in [-0.3, -0.25) is 13.9 Å². The fourth-order valence-electron chi connectivity index (χ4n) is 5.28. The highest BCUT2D eigenvalue weighted by Crippen LogP contribution is 2.31. The van der Waals surface area contributed by atoms with Gasteiger partial charge in [0.15, 0.2) is 0 Å². The average molecular weight is 596 g/mol. The van der Waals surface area contributed by atoms with Crippen molar-refractivity contribution in [3.05, 3.63) is 94.5 Å². The van der Waals surface area contributed by atoms with E-state index in [-0.39, 0.29) is 23.4 Å². The Labute approximate surface area is 248 Å². The number of hydrogen-bond acceptors (Lipinski definition) is 4. The predicted molar refractivity (Wildman–Crippen MR) is 163 cm³/mol. The Bertz CT molecular complexity index is 1460. The number of sulfonamides is 1. The smallest absolute Gasteiger partial charge is 0.264 e. The van der Waals surface area contributed by atoms with Crippen molar-refractivity contribution in [1.82, 2.24) is 10.2 Å². The number of hydrogen-bond donors (Lipinski definition) is 1. The van der Waals surface area contributed by atoms with Crippen LogP contribution in [-0.4, -0.2) is 43.8 Å². The lowest BCUT2D eigenvalue weighted by Gasteiger charge is -2.34. The first-order valence-electron chi connectivity index (χ1n) is 14.1. The fraction of sp³-hybridized carbons (Fsp3) is 0.375. The largest absolute Gasteiger partial charge is 0.352 e. The van der Waals surface area contributed by atoms with Gasteiger partial charge in [-0.25, -0.2) is 8.42 Å². The number of anilines is 1. The lowest BCUT2D eigenvalue weighted by molar-refractivity contribution is -0.140. The molecule has 2 amide bonds. The first-order chi connectivity index (χ1) is 19.6. The van der Waals surface area contributed by atoms with Gasteiger partial charge < -0.3 is 10.2 Å². The number of nitrogens with one attached hydrogen (secondary N) is 1. The summed E-state index contributed by atoms with van der Waals surface area (Å²) in [5, 5.41) is 3.52. The number of nitrogens with zero attached hydrogens (tertiary/aromatic N) is 2. The molecule has 0 radical (unpaired) electrons. The summed E-state index contributed by atoms with van der Waals surface area (Å²) in [6.45, 7) is 5.15. The molecule has 1 atom stereocenters. The van der Waals surface area contributed by atoms with E-state index in [4.69, 9.17) is 11.6 Å². The topological polar surface area (TPSA) is 86.8 Å². The van der Waals surface area contributed by atoms with E-state index < -0.39 is 28.5 Å². The second kappa shape index (κ2) is 13.5. The second-order valence-corrected chi connectivity index (χ2v) is 12.9. The Morgan fingerprint density at radius 3 is 2.24 bits per heavy atom. The molecule has 7 nitrogen and oxygen atoms in total. The summed E-state index contributed by atoms with van der Waals surface area (Å²) >= 11 is 6.41. The molecule has 3 aromatic rings. The molecule has 0 spiro atoms. The van der Waals surface area contributed by atoms with E-state index in [0.29, 0.717) is 22.7 Å². The summed E-state index contributed by atoms with van der Waals surface area (Å²) in [5.41, 5.74) is 2.62. The fourth-order valence-corrected chi connectivity index (χ4v) is 6.93. The van der Waals surface area contributed by atoms with Crippen LogP contribution in [0.4, 0.5) is 5.69 Å². The monoisotopic (exact) mass is 595 g/mol. The van der Waals surface area contributed by atoms with Crippen LogP contribution in [0.1, 0.15) is 55.7 Å². The van der Waals surface area contributed by atoms with Gasteiger partial charge in [0.2, 0.25) is 11.8 Å². The zero-order valence-corrected chi connectivity index (χ0v) is 25.4. The minimum atomic E-state index is -4.16. The van der Waals surface area contributed by atoms with E-state index in [9.17, 15) is 18.0 Å². The molecule has 3 aromatic carbocycles. The number of rotatable bonds is 11. The highest BCUT2D eigenvalue weighted by Gasteiger charge is 2.35. The zero-order valence-electron chi connectivity index (χ0n) is 23.8. The molecule has 41 heavy (non-hydrogen) atoms. The van der Waals surface area contributed by atoms with Crippen molar-refractivity contribution >= 4 is 39.1 Å². The molecule has 0 bridgehead atoms. The van der Waals surface area contributed by atoms with Crippen LogP contribution < -0.4 is 9.62 Å². The molecule has 1 saturated carbocycles. The molecular formula is C32H38ClN3O4S. The van der Waals surface area contributed by atoms with E-state index >= 15 is 0 Å². The molecule has 218 valence electrons. The highest BCUT2D eigenvalue weighted by atomic mass is 35.5. The molecule has 0 heterocycles. The van der Waals surface area contributed by atoms with E-state index in [1.807, 2.05) is 44.2 Å². The van der Waals surface area contributed by atoms with Crippen molar-refractivity contribution in [3.63, 3.8) is 0 Å². The lowest BCUT2D eigenvalue weighted by Crippen LogP contribution is -2.53. The first-order valence-corrected chi connectivity index (χ1v) is 15.9. The maximum Gasteiger partial charge on any atom is 0.264 e. The number of carbonyl (C=O) groups excluding carboxylic acids is 2. The SMILES string of the molecule is CC[C@H](C(=O)NC1CCCC1)N(Cc1ccccc1)C(=O)CN(c1cccc(Cl)c1C)S(=O)(=O)c1ccc(C)cc1. The van der Waals surface area contributed by atoms with Gasteiger partial charge in [0.25, 0.3) is 10.0 Å². The maximum atomic E-state index is 14.2. The molecule has 1 aliphatic rings. The van der Waals surface area contributed by atoms with Gasteiger partial charge in [0.1, 0.15) is 12.6 Å². The number of halogens is 1. The van der Waals surface area contributed by atoms with E-state index in [2.05, 4.69) is 5.32 Å². The molecule has 1 N–H and O–H groups in total. The summed E-state index contributed by atoms with van der Waals surface area (Å²) < 4.78 is 29.2. The second-order valence-electron chi connectivity index (χ2n) is 10.6. The van der Waals surface area contributed by atoms with Gasteiger partial charge in [0.05, 0.1) is 10.6 Å². The number of amides is 2. The molecule has 1 fully saturated rings. The highest BCUT2D eigenvalue weighted by molar-refractivity contribution is 7.92. The number of aryl methyl sites for hydroxylation is 1. The van der Waals surface area contributed by atoms with Crippen LogP contribution in [0.3, 0.4) is 0 Å². The third-order valence-corrected chi connectivity index (χ3v) is 9.86. The van der Waals surface area contributed by atoms with Crippen LogP contribution in [0.2, 0.25) is 5.02 Å². The molecule has 0 saturated heterocycles. The minimum absolute atomic E-state index is 0.0657. The van der Waals surface area contributed by atoms with Crippen molar-refractivity contribution in [1.29, 1.82) is 0 Å². The van der Waals surface area contributed by atoms with Crippen LogP contribution in [0.25, 0.3) is 0 Å². The summed E-state index contributed by atoms with van der Waals surface area (Å²) in [6, 6.07) is 20.3. The van der Waals surface area contributed by atoms with E-state index in [0.717, 1.165) is 41.1 Å². The van der Waals surface area contributed by atoms with Crippen molar-refractivity contribution in [2.45, 2.75) is 76.4 Å². The molecule has 0 aromatic heterocycles. The van der Waals surface area contributed by atoms with Crippen molar-refractivity contribution in [3.8, 4) is 0 Å². The van der Waals surface area contributed by atoms with Crippen LogP contribution in [0.5, 0.6) is 0 Å². The lowest BCUT2D eigenvalue weighted by atomic mass is 10.1. The Morgan fingerprint density at radius 2 is 1.61 bits per heavy atom. The average Bonchev–Trinajstić information content (AvgIpc) is 3.47. The van der Waals surface area contributed by atoms with Crippen LogP contribution >= 0.6 is 11.6 Å². The van der Waals surface area contributed by atoms with E-state index in [1.54, 1.807) is 37.3 Å². The molecule has 0 aliphatic heterocycles. The third kappa shape index (κ3) is 7.29. The zero-order chi connectivity index (χ0) is 29.6. The summed E-state index contributed by atoms with van der Waals surface area (Å²) in [7, 11) is -4.16. The summed E-state index contributed by atoms with van der Waals surface area (Å²) in [4.78, 5) is 29.3. The third-order valence-electron chi connectivity index (χ3n) is 7.68. The molecule has 4 rings (SSSR count). The van der Waals surface area contributed by atoms with Gasteiger partial charge in [-0.2, -0.15) is 0 Å². The van der Waals surface area contributed by atoms with Crippen molar-refractivity contribution in [2.24, 2.45) is 0 Å². The molecular weight excluding hydrogens is 558 g/mol. The molecule has 0 unspecified atom stereocenters. The molecule has 9 heteroatoms. The Morgan fingerprint density at radius 1 is 0.951 bits per heavy atom. The van der Waals surface area contributed by atoms with Crippen molar-refractivity contribution in [2.75, 3.05) is 10.8 Å². The van der Waals surface area contributed by atoms with Gasteiger partial charge in [0, 0.05) is 17.6 Å². The van der Waals surface area contributed by atoms with Gasteiger partial charge in [-0.15, -0.1) is 0 Å². The van der Waals surface area contributed by atoms with Crippen LogP contribution in [0.15, 0.2) is 77.7 Å². The number of benzene rings is 3. The van der Waals surface area contributed by atoms with Gasteiger partial charge in [-0.05, 0) is 68.5 Å². The number of carbonyl (C=O) groups is 2. The van der Waals surface area contributed by atoms with Gasteiger partial charge in [-0.1, -0.05) is 85.5 Å². The Balaban J connectivity index is 1.73. The standard InChI is InChI=1S/C32H38ClN3O4S/c1-4-29(32(38)34-26-13-8-9-14-26)35(21-25-11-6-5-7-12-25)31(37)22-36(30-16-10-15-28(33)24(30)3)41(39,40)27-19-17-23(2)18-20-27/h5-7,10-12,15-20,26,29H,4,8-9,13-14,21-22H2,1-3H3,(H,34,38)/t29-/m1/s1.